The number of ether oxygens (including phenoxy) is 1. The SMILES string of the molecule is COc1ccc(Cc2nc3cc(=O)ccn3[nH]2)cc1. The van der Waals surface area contributed by atoms with Gasteiger partial charge in [0.2, 0.25) is 0 Å². The van der Waals surface area contributed by atoms with E-state index < -0.39 is 0 Å². The van der Waals surface area contributed by atoms with Gasteiger partial charge in [-0.05, 0) is 17.7 Å². The molecule has 19 heavy (non-hydrogen) atoms. The molecule has 96 valence electrons. The third-order valence-corrected chi connectivity index (χ3v) is 2.94. The summed E-state index contributed by atoms with van der Waals surface area (Å²) in [6, 6.07) is 10.8. The minimum Gasteiger partial charge on any atom is -0.497 e. The topological polar surface area (TPSA) is 59.4 Å². The van der Waals surface area contributed by atoms with Crippen LogP contribution in [0.5, 0.6) is 5.75 Å². The molecule has 0 saturated heterocycles. The molecule has 0 unspecified atom stereocenters. The average Bonchev–Trinajstić information content (AvgIpc) is 2.81. The quantitative estimate of drug-likeness (QED) is 0.773. The van der Waals surface area contributed by atoms with Crippen molar-refractivity contribution in [2.75, 3.05) is 7.11 Å². The average molecular weight is 255 g/mol. The molecule has 0 radical (unpaired) electrons. The maximum Gasteiger partial charge on any atom is 0.183 e. The summed E-state index contributed by atoms with van der Waals surface area (Å²) in [5.74, 6) is 1.65. The Balaban J connectivity index is 1.89. The summed E-state index contributed by atoms with van der Waals surface area (Å²) in [5.41, 5.74) is 1.72. The summed E-state index contributed by atoms with van der Waals surface area (Å²) in [6.07, 6.45) is 2.36. The van der Waals surface area contributed by atoms with Crippen molar-refractivity contribution >= 4 is 5.65 Å². The van der Waals surface area contributed by atoms with E-state index in [4.69, 9.17) is 4.74 Å². The van der Waals surface area contributed by atoms with Crippen LogP contribution < -0.4 is 10.2 Å². The van der Waals surface area contributed by atoms with Crippen LogP contribution >= 0.6 is 0 Å². The number of aromatic amines is 1. The van der Waals surface area contributed by atoms with Crippen molar-refractivity contribution in [1.29, 1.82) is 0 Å². The minimum absolute atomic E-state index is 0.0394. The van der Waals surface area contributed by atoms with Crippen molar-refractivity contribution in [1.82, 2.24) is 14.6 Å². The Hall–Kier alpha value is -2.56. The molecule has 0 aliphatic heterocycles. The van der Waals surface area contributed by atoms with E-state index in [1.807, 2.05) is 24.3 Å². The van der Waals surface area contributed by atoms with E-state index in [9.17, 15) is 4.79 Å². The van der Waals surface area contributed by atoms with E-state index in [0.29, 0.717) is 12.1 Å². The Morgan fingerprint density at radius 1 is 1.26 bits per heavy atom. The first-order valence-electron chi connectivity index (χ1n) is 5.95. The van der Waals surface area contributed by atoms with Gasteiger partial charge in [-0.2, -0.15) is 0 Å². The first kappa shape index (κ1) is 11.5. The lowest BCUT2D eigenvalue weighted by Gasteiger charge is -2.01. The Bertz CT molecular complexity index is 756. The zero-order chi connectivity index (χ0) is 13.2. The molecule has 0 aliphatic carbocycles. The predicted molar refractivity (Wildman–Crippen MR) is 71.6 cm³/mol. The molecule has 5 nitrogen and oxygen atoms in total. The van der Waals surface area contributed by atoms with Crippen molar-refractivity contribution in [3.8, 4) is 5.75 Å². The van der Waals surface area contributed by atoms with E-state index in [1.54, 1.807) is 17.8 Å². The molecule has 3 rings (SSSR count). The van der Waals surface area contributed by atoms with Crippen LogP contribution in [-0.2, 0) is 6.42 Å². The highest BCUT2D eigenvalue weighted by molar-refractivity contribution is 5.37. The summed E-state index contributed by atoms with van der Waals surface area (Å²) in [6.45, 7) is 0. The predicted octanol–water partition coefficient (Wildman–Crippen LogP) is 1.62. The van der Waals surface area contributed by atoms with Crippen LogP contribution in [0.15, 0.2) is 47.4 Å². The summed E-state index contributed by atoms with van der Waals surface area (Å²) < 4.78 is 6.85. The lowest BCUT2D eigenvalue weighted by molar-refractivity contribution is 0.414. The number of nitrogens with zero attached hydrogens (tertiary/aromatic N) is 2. The second-order valence-electron chi connectivity index (χ2n) is 4.29. The molecule has 0 atom stereocenters. The second-order valence-corrected chi connectivity index (χ2v) is 4.29. The Morgan fingerprint density at radius 2 is 2.05 bits per heavy atom. The molecule has 5 heteroatoms. The van der Waals surface area contributed by atoms with E-state index in [-0.39, 0.29) is 5.43 Å². The maximum absolute atomic E-state index is 11.2. The van der Waals surface area contributed by atoms with Crippen LogP contribution in [0.3, 0.4) is 0 Å². The van der Waals surface area contributed by atoms with Gasteiger partial charge in [0.1, 0.15) is 11.6 Å². The van der Waals surface area contributed by atoms with Crippen LogP contribution in [0.25, 0.3) is 5.65 Å². The maximum atomic E-state index is 11.2. The van der Waals surface area contributed by atoms with Gasteiger partial charge in [-0.3, -0.25) is 9.89 Å². The van der Waals surface area contributed by atoms with Gasteiger partial charge in [0.05, 0.1) is 7.11 Å². The zero-order valence-corrected chi connectivity index (χ0v) is 10.5. The number of nitrogens with one attached hydrogen (secondary N) is 1. The van der Waals surface area contributed by atoms with Crippen LogP contribution in [0.4, 0.5) is 0 Å². The highest BCUT2D eigenvalue weighted by atomic mass is 16.5. The molecular weight excluding hydrogens is 242 g/mol. The summed E-state index contributed by atoms with van der Waals surface area (Å²) >= 11 is 0. The van der Waals surface area contributed by atoms with Gasteiger partial charge in [0, 0.05) is 24.8 Å². The van der Waals surface area contributed by atoms with E-state index >= 15 is 0 Å². The van der Waals surface area contributed by atoms with Crippen LogP contribution in [0.2, 0.25) is 0 Å². The van der Waals surface area contributed by atoms with E-state index in [2.05, 4.69) is 10.1 Å². The van der Waals surface area contributed by atoms with Gasteiger partial charge in [0.15, 0.2) is 11.1 Å². The van der Waals surface area contributed by atoms with Crippen molar-refractivity contribution in [2.45, 2.75) is 6.42 Å². The largest absolute Gasteiger partial charge is 0.497 e. The number of hydrogen-bond acceptors (Lipinski definition) is 3. The summed E-state index contributed by atoms with van der Waals surface area (Å²) in [5, 5.41) is 3.14. The summed E-state index contributed by atoms with van der Waals surface area (Å²) in [4.78, 5) is 15.6. The molecule has 0 amide bonds. The van der Waals surface area contributed by atoms with Crippen molar-refractivity contribution in [2.24, 2.45) is 0 Å². The van der Waals surface area contributed by atoms with Crippen LogP contribution in [0, 0.1) is 0 Å². The molecule has 3 aromatic rings. The Kier molecular flexibility index (Phi) is 2.79. The molecule has 0 fully saturated rings. The lowest BCUT2D eigenvalue weighted by Crippen LogP contribution is -1.98. The third kappa shape index (κ3) is 2.35. The van der Waals surface area contributed by atoms with Crippen molar-refractivity contribution in [3.63, 3.8) is 0 Å². The fourth-order valence-corrected chi connectivity index (χ4v) is 1.97. The number of methoxy groups -OCH3 is 1. The minimum atomic E-state index is -0.0394. The number of hydrogen-bond donors (Lipinski definition) is 1. The Morgan fingerprint density at radius 3 is 2.79 bits per heavy atom. The monoisotopic (exact) mass is 255 g/mol. The fourth-order valence-electron chi connectivity index (χ4n) is 1.97. The van der Waals surface area contributed by atoms with Crippen molar-refractivity contribution in [3.05, 3.63) is 64.2 Å². The van der Waals surface area contributed by atoms with Gasteiger partial charge in [-0.1, -0.05) is 12.1 Å². The van der Waals surface area contributed by atoms with Crippen LogP contribution in [-0.4, -0.2) is 21.7 Å². The lowest BCUT2D eigenvalue weighted by atomic mass is 10.1. The normalized spacial score (nSPS) is 10.8. The fraction of sp³-hybridized carbons (Fsp3) is 0.143. The first-order valence-corrected chi connectivity index (χ1v) is 5.95. The third-order valence-electron chi connectivity index (χ3n) is 2.94. The Labute approximate surface area is 109 Å². The molecular formula is C14H13N3O2. The number of pyridine rings is 1. The smallest absolute Gasteiger partial charge is 0.183 e. The number of fused-ring (bicyclic) bond motifs is 1. The standard InChI is InChI=1S/C14H13N3O2/c1-19-12-4-2-10(3-5-12)8-13-15-14-9-11(18)6-7-17(14)16-13/h2-7,9H,8H2,1H3,(H,15,16). The van der Waals surface area contributed by atoms with Gasteiger partial charge < -0.3 is 4.74 Å². The number of benzene rings is 1. The molecule has 1 N–H and O–H groups in total. The van der Waals surface area contributed by atoms with Gasteiger partial charge in [-0.15, -0.1) is 0 Å². The number of rotatable bonds is 3. The van der Waals surface area contributed by atoms with Crippen molar-refractivity contribution < 1.29 is 4.74 Å². The molecule has 0 spiro atoms. The van der Waals surface area contributed by atoms with Gasteiger partial charge in [0.25, 0.3) is 0 Å². The molecule has 0 aliphatic rings. The van der Waals surface area contributed by atoms with Gasteiger partial charge in [-0.25, -0.2) is 9.50 Å². The zero-order valence-electron chi connectivity index (χ0n) is 10.5. The number of aromatic nitrogens is 3. The molecule has 2 aromatic heterocycles. The van der Waals surface area contributed by atoms with Crippen LogP contribution in [0.1, 0.15) is 11.4 Å². The second kappa shape index (κ2) is 4.61. The highest BCUT2D eigenvalue weighted by Crippen LogP contribution is 2.13. The number of H-pyrrole nitrogens is 1. The highest BCUT2D eigenvalue weighted by Gasteiger charge is 2.03. The van der Waals surface area contributed by atoms with E-state index in [1.165, 1.54) is 12.1 Å². The molecule has 0 bridgehead atoms. The first-order chi connectivity index (χ1) is 9.24. The van der Waals surface area contributed by atoms with Gasteiger partial charge >= 0.3 is 0 Å². The summed E-state index contributed by atoms with van der Waals surface area (Å²) in [7, 11) is 1.64. The molecule has 0 saturated carbocycles. The molecule has 2 heterocycles. The molecule has 1 aromatic carbocycles. The van der Waals surface area contributed by atoms with E-state index in [0.717, 1.165) is 17.1 Å².